The van der Waals surface area contributed by atoms with Gasteiger partial charge < -0.3 is 15.3 Å². The highest BCUT2D eigenvalue weighted by Gasteiger charge is 2.25. The quantitative estimate of drug-likeness (QED) is 0.810. The molecular formula is C18H26N4O2. The molecule has 0 spiro atoms. The molecule has 0 aliphatic rings. The van der Waals surface area contributed by atoms with Crippen molar-refractivity contribution < 1.29 is 9.90 Å². The predicted molar refractivity (Wildman–Crippen MR) is 94.7 cm³/mol. The van der Waals surface area contributed by atoms with Crippen LogP contribution in [0, 0.1) is 0 Å². The second-order valence-electron chi connectivity index (χ2n) is 6.45. The summed E-state index contributed by atoms with van der Waals surface area (Å²) < 4.78 is 1.66. The van der Waals surface area contributed by atoms with Crippen LogP contribution in [0.25, 0.3) is 0 Å². The van der Waals surface area contributed by atoms with Crippen LogP contribution in [0.1, 0.15) is 25.8 Å². The van der Waals surface area contributed by atoms with Gasteiger partial charge in [0.1, 0.15) is 5.60 Å². The van der Waals surface area contributed by atoms with E-state index in [2.05, 4.69) is 10.4 Å². The van der Waals surface area contributed by atoms with Crippen LogP contribution in [0.3, 0.4) is 0 Å². The molecule has 24 heavy (non-hydrogen) atoms. The fourth-order valence-corrected chi connectivity index (χ4v) is 2.44. The van der Waals surface area contributed by atoms with Gasteiger partial charge in [0.05, 0.1) is 6.20 Å². The molecule has 6 nitrogen and oxygen atoms in total. The van der Waals surface area contributed by atoms with Crippen LogP contribution in [-0.4, -0.2) is 40.4 Å². The van der Waals surface area contributed by atoms with Gasteiger partial charge in [0.25, 0.3) is 0 Å². The SMILES string of the molecule is CC(CC(=O)N(C)c1ccccc1)NCC(C)(O)c1cnn(C)c1. The fourth-order valence-electron chi connectivity index (χ4n) is 2.44. The number of benzene rings is 1. The molecule has 0 aliphatic heterocycles. The lowest BCUT2D eigenvalue weighted by atomic mass is 9.99. The largest absolute Gasteiger partial charge is 0.384 e. The molecule has 2 rings (SSSR count). The van der Waals surface area contributed by atoms with Gasteiger partial charge in [-0.15, -0.1) is 0 Å². The molecule has 1 heterocycles. The normalized spacial score (nSPS) is 14.9. The van der Waals surface area contributed by atoms with Crippen LogP contribution in [0.4, 0.5) is 5.69 Å². The van der Waals surface area contributed by atoms with E-state index in [0.29, 0.717) is 13.0 Å². The zero-order chi connectivity index (χ0) is 17.7. The number of carbonyl (C=O) groups is 1. The number of anilines is 1. The van der Waals surface area contributed by atoms with Crippen molar-refractivity contribution in [1.29, 1.82) is 0 Å². The average Bonchev–Trinajstić information content (AvgIpc) is 3.00. The average molecular weight is 330 g/mol. The molecule has 0 fully saturated rings. The number of para-hydroxylation sites is 1. The van der Waals surface area contributed by atoms with Crippen molar-refractivity contribution in [2.75, 3.05) is 18.5 Å². The molecule has 2 N–H and O–H groups in total. The lowest BCUT2D eigenvalue weighted by molar-refractivity contribution is -0.118. The van der Waals surface area contributed by atoms with E-state index in [1.807, 2.05) is 44.3 Å². The van der Waals surface area contributed by atoms with Gasteiger partial charge in [-0.05, 0) is 26.0 Å². The Morgan fingerprint density at radius 1 is 1.42 bits per heavy atom. The van der Waals surface area contributed by atoms with Crippen LogP contribution in [0.5, 0.6) is 0 Å². The number of hydrogen-bond donors (Lipinski definition) is 2. The Bertz CT molecular complexity index is 667. The number of rotatable bonds is 7. The maximum Gasteiger partial charge on any atom is 0.228 e. The number of nitrogens with zero attached hydrogens (tertiary/aromatic N) is 3. The van der Waals surface area contributed by atoms with Crippen LogP contribution in [0.2, 0.25) is 0 Å². The van der Waals surface area contributed by atoms with Crippen LogP contribution < -0.4 is 10.2 Å². The molecule has 0 saturated heterocycles. The molecule has 0 aliphatic carbocycles. The van der Waals surface area contributed by atoms with Crippen molar-refractivity contribution in [3.05, 3.63) is 48.3 Å². The Hall–Kier alpha value is -2.18. The second-order valence-corrected chi connectivity index (χ2v) is 6.45. The van der Waals surface area contributed by atoms with E-state index in [4.69, 9.17) is 0 Å². The molecule has 1 amide bonds. The van der Waals surface area contributed by atoms with E-state index in [1.165, 1.54) is 0 Å². The van der Waals surface area contributed by atoms with Crippen molar-refractivity contribution in [1.82, 2.24) is 15.1 Å². The highest BCUT2D eigenvalue weighted by atomic mass is 16.3. The van der Waals surface area contributed by atoms with Crippen molar-refractivity contribution >= 4 is 11.6 Å². The van der Waals surface area contributed by atoms with E-state index in [-0.39, 0.29) is 11.9 Å². The van der Waals surface area contributed by atoms with E-state index in [9.17, 15) is 9.90 Å². The number of aliphatic hydroxyl groups is 1. The molecule has 2 atom stereocenters. The van der Waals surface area contributed by atoms with Crippen LogP contribution >= 0.6 is 0 Å². The van der Waals surface area contributed by atoms with Crippen LogP contribution in [-0.2, 0) is 17.4 Å². The maximum absolute atomic E-state index is 12.4. The first kappa shape index (κ1) is 18.2. The Balaban J connectivity index is 1.86. The van der Waals surface area contributed by atoms with Gasteiger partial charge in [0, 0.05) is 50.6 Å². The summed E-state index contributed by atoms with van der Waals surface area (Å²) in [5, 5.41) is 17.9. The second kappa shape index (κ2) is 7.59. The van der Waals surface area contributed by atoms with E-state index >= 15 is 0 Å². The Kier molecular flexibility index (Phi) is 5.75. The molecule has 6 heteroatoms. The van der Waals surface area contributed by atoms with Crippen molar-refractivity contribution in [3.63, 3.8) is 0 Å². The number of hydrogen-bond acceptors (Lipinski definition) is 4. The Morgan fingerprint density at radius 3 is 2.67 bits per heavy atom. The van der Waals surface area contributed by atoms with Gasteiger partial charge in [-0.25, -0.2) is 0 Å². The van der Waals surface area contributed by atoms with Gasteiger partial charge in [-0.3, -0.25) is 9.48 Å². The summed E-state index contributed by atoms with van der Waals surface area (Å²) in [5.41, 5.74) is 0.589. The number of nitrogens with one attached hydrogen (secondary N) is 1. The fraction of sp³-hybridized carbons (Fsp3) is 0.444. The molecule has 130 valence electrons. The zero-order valence-corrected chi connectivity index (χ0v) is 14.7. The third-order valence-electron chi connectivity index (χ3n) is 4.12. The van der Waals surface area contributed by atoms with Crippen molar-refractivity contribution in [2.45, 2.75) is 31.9 Å². The lowest BCUT2D eigenvalue weighted by Gasteiger charge is -2.26. The molecule has 0 bridgehead atoms. The van der Waals surface area contributed by atoms with E-state index < -0.39 is 5.60 Å². The molecule has 0 saturated carbocycles. The summed E-state index contributed by atoms with van der Waals surface area (Å²) in [6, 6.07) is 9.50. The molecule has 1 aromatic heterocycles. The van der Waals surface area contributed by atoms with Gasteiger partial charge in [-0.2, -0.15) is 5.10 Å². The number of carbonyl (C=O) groups excluding carboxylic acids is 1. The minimum Gasteiger partial charge on any atom is -0.384 e. The summed E-state index contributed by atoms with van der Waals surface area (Å²) >= 11 is 0. The number of aromatic nitrogens is 2. The van der Waals surface area contributed by atoms with Gasteiger partial charge in [0.15, 0.2) is 0 Å². The third kappa shape index (κ3) is 4.66. The standard InChI is InChI=1S/C18H26N4O2/c1-14(10-17(23)22(4)16-8-6-5-7-9-16)19-13-18(2,24)15-11-20-21(3)12-15/h5-9,11-12,14,19,24H,10,13H2,1-4H3. The van der Waals surface area contributed by atoms with Gasteiger partial charge in [0.2, 0.25) is 5.91 Å². The summed E-state index contributed by atoms with van der Waals surface area (Å²) in [5.74, 6) is 0.0298. The topological polar surface area (TPSA) is 70.4 Å². The van der Waals surface area contributed by atoms with Gasteiger partial charge in [-0.1, -0.05) is 18.2 Å². The highest BCUT2D eigenvalue weighted by molar-refractivity contribution is 5.93. The van der Waals surface area contributed by atoms with E-state index in [0.717, 1.165) is 11.3 Å². The molecular weight excluding hydrogens is 304 g/mol. The summed E-state index contributed by atoms with van der Waals surface area (Å²) in [7, 11) is 3.59. The Labute approximate surface area is 143 Å². The molecule has 2 aromatic rings. The summed E-state index contributed by atoms with van der Waals surface area (Å²) in [4.78, 5) is 14.0. The third-order valence-corrected chi connectivity index (χ3v) is 4.12. The van der Waals surface area contributed by atoms with Crippen molar-refractivity contribution in [3.8, 4) is 0 Å². The smallest absolute Gasteiger partial charge is 0.228 e. The molecule has 2 unspecified atom stereocenters. The number of amides is 1. The predicted octanol–water partition coefficient (Wildman–Crippen LogP) is 1.66. The minimum absolute atomic E-state index is 0.0298. The number of aryl methyl sites for hydroxylation is 1. The van der Waals surface area contributed by atoms with Crippen LogP contribution in [0.15, 0.2) is 42.7 Å². The van der Waals surface area contributed by atoms with Crippen molar-refractivity contribution in [2.24, 2.45) is 7.05 Å². The highest BCUT2D eigenvalue weighted by Crippen LogP contribution is 2.19. The first-order valence-electron chi connectivity index (χ1n) is 8.06. The first-order chi connectivity index (χ1) is 11.3. The van der Waals surface area contributed by atoms with Gasteiger partial charge >= 0.3 is 0 Å². The summed E-state index contributed by atoms with van der Waals surface area (Å²) in [6.45, 7) is 4.03. The zero-order valence-electron chi connectivity index (χ0n) is 14.7. The Morgan fingerprint density at radius 2 is 2.08 bits per heavy atom. The van der Waals surface area contributed by atoms with E-state index in [1.54, 1.807) is 35.9 Å². The lowest BCUT2D eigenvalue weighted by Crippen LogP contribution is -2.42. The summed E-state index contributed by atoms with van der Waals surface area (Å²) in [6.07, 6.45) is 3.80. The minimum atomic E-state index is -1.03. The molecule has 1 aromatic carbocycles. The first-order valence-corrected chi connectivity index (χ1v) is 8.06. The maximum atomic E-state index is 12.4. The molecule has 0 radical (unpaired) electrons. The monoisotopic (exact) mass is 330 g/mol.